The monoisotopic (exact) mass is 201 g/mol. The molecule has 0 aliphatic rings. The highest BCUT2D eigenvalue weighted by Gasteiger charge is 2.07. The molecule has 0 radical (unpaired) electrons. The van der Waals surface area contributed by atoms with Gasteiger partial charge in [0.25, 0.3) is 5.56 Å². The third kappa shape index (κ3) is 1.79. The molecule has 0 bridgehead atoms. The molecule has 4 heteroatoms. The van der Waals surface area contributed by atoms with Crippen molar-refractivity contribution in [1.29, 1.82) is 0 Å². The van der Waals surface area contributed by atoms with Crippen LogP contribution in [0, 0.1) is 13.8 Å². The van der Waals surface area contributed by atoms with Crippen LogP contribution in [0.5, 0.6) is 0 Å². The lowest BCUT2D eigenvalue weighted by molar-refractivity contribution is 0.998. The molecule has 0 unspecified atom stereocenters. The summed E-state index contributed by atoms with van der Waals surface area (Å²) in [6.07, 6.45) is 3.40. The van der Waals surface area contributed by atoms with Crippen molar-refractivity contribution in [2.75, 3.05) is 0 Å². The molecule has 0 atom stereocenters. The average Bonchev–Trinajstić information content (AvgIpc) is 2.24. The summed E-state index contributed by atoms with van der Waals surface area (Å²) in [5.41, 5.74) is 2.09. The molecule has 0 aromatic carbocycles. The Morgan fingerprint density at radius 2 is 2.13 bits per heavy atom. The molecule has 2 aromatic rings. The van der Waals surface area contributed by atoms with Crippen molar-refractivity contribution in [3.05, 3.63) is 46.3 Å². The molecule has 2 rings (SSSR count). The van der Waals surface area contributed by atoms with Crippen LogP contribution in [0.3, 0.4) is 0 Å². The third-order valence-corrected chi connectivity index (χ3v) is 2.20. The van der Waals surface area contributed by atoms with Crippen molar-refractivity contribution in [3.63, 3.8) is 0 Å². The van der Waals surface area contributed by atoms with Crippen molar-refractivity contribution in [3.8, 4) is 11.3 Å². The Labute approximate surface area is 87.0 Å². The Balaban J connectivity index is 2.68. The molecule has 0 aliphatic heterocycles. The molecule has 0 saturated heterocycles. The fraction of sp³-hybridized carbons (Fsp3) is 0.182. The zero-order valence-corrected chi connectivity index (χ0v) is 8.61. The number of pyridine rings is 1. The maximum absolute atomic E-state index is 11.5. The van der Waals surface area contributed by atoms with Crippen molar-refractivity contribution in [2.24, 2.45) is 0 Å². The van der Waals surface area contributed by atoms with Gasteiger partial charge in [0, 0.05) is 23.5 Å². The van der Waals surface area contributed by atoms with Crippen LogP contribution in [0.15, 0.2) is 29.3 Å². The molecule has 2 heterocycles. The SMILES string of the molecule is Cc1nc(-c2cccnc2)c(C)c(=O)[nH]1. The number of nitrogens with zero attached hydrogens (tertiary/aromatic N) is 2. The van der Waals surface area contributed by atoms with Crippen LogP contribution >= 0.6 is 0 Å². The van der Waals surface area contributed by atoms with E-state index in [-0.39, 0.29) is 5.56 Å². The highest BCUT2D eigenvalue weighted by atomic mass is 16.1. The van der Waals surface area contributed by atoms with E-state index in [0.717, 1.165) is 5.56 Å². The Kier molecular flexibility index (Phi) is 2.33. The minimum atomic E-state index is -0.0960. The first-order valence-corrected chi connectivity index (χ1v) is 4.66. The van der Waals surface area contributed by atoms with Gasteiger partial charge in [-0.1, -0.05) is 0 Å². The fourth-order valence-electron chi connectivity index (χ4n) is 1.43. The number of hydrogen-bond acceptors (Lipinski definition) is 3. The van der Waals surface area contributed by atoms with Gasteiger partial charge in [-0.05, 0) is 26.0 Å². The minimum Gasteiger partial charge on any atom is -0.311 e. The Bertz CT molecular complexity index is 531. The van der Waals surface area contributed by atoms with Crippen molar-refractivity contribution in [2.45, 2.75) is 13.8 Å². The van der Waals surface area contributed by atoms with Gasteiger partial charge in [0.05, 0.1) is 5.69 Å². The van der Waals surface area contributed by atoms with Crippen LogP contribution in [0.2, 0.25) is 0 Å². The maximum Gasteiger partial charge on any atom is 0.254 e. The van der Waals surface area contributed by atoms with Gasteiger partial charge in [-0.15, -0.1) is 0 Å². The quantitative estimate of drug-likeness (QED) is 0.759. The predicted molar refractivity (Wildman–Crippen MR) is 57.6 cm³/mol. The molecule has 0 fully saturated rings. The largest absolute Gasteiger partial charge is 0.311 e. The number of hydrogen-bond donors (Lipinski definition) is 1. The first-order chi connectivity index (χ1) is 7.18. The summed E-state index contributed by atoms with van der Waals surface area (Å²) >= 11 is 0. The normalized spacial score (nSPS) is 10.3. The number of aromatic nitrogens is 3. The number of H-pyrrole nitrogens is 1. The van der Waals surface area contributed by atoms with Crippen LogP contribution < -0.4 is 5.56 Å². The van der Waals surface area contributed by atoms with E-state index in [2.05, 4.69) is 15.0 Å². The molecule has 0 saturated carbocycles. The average molecular weight is 201 g/mol. The second-order valence-electron chi connectivity index (χ2n) is 3.37. The van der Waals surface area contributed by atoms with Crippen LogP contribution in [0.25, 0.3) is 11.3 Å². The summed E-state index contributed by atoms with van der Waals surface area (Å²) in [4.78, 5) is 22.5. The summed E-state index contributed by atoms with van der Waals surface area (Å²) < 4.78 is 0. The molecule has 1 N–H and O–H groups in total. The first kappa shape index (κ1) is 9.58. The molecule has 0 spiro atoms. The smallest absolute Gasteiger partial charge is 0.254 e. The maximum atomic E-state index is 11.5. The van der Waals surface area contributed by atoms with Gasteiger partial charge in [0.1, 0.15) is 5.82 Å². The van der Waals surface area contributed by atoms with E-state index >= 15 is 0 Å². The molecule has 0 amide bonds. The Morgan fingerprint density at radius 1 is 1.33 bits per heavy atom. The summed E-state index contributed by atoms with van der Waals surface area (Å²) in [5.74, 6) is 0.615. The minimum absolute atomic E-state index is 0.0960. The van der Waals surface area contributed by atoms with E-state index in [1.165, 1.54) is 0 Å². The third-order valence-electron chi connectivity index (χ3n) is 2.20. The first-order valence-electron chi connectivity index (χ1n) is 4.66. The lowest BCUT2D eigenvalue weighted by Crippen LogP contribution is -2.14. The van der Waals surface area contributed by atoms with E-state index in [0.29, 0.717) is 17.1 Å². The summed E-state index contributed by atoms with van der Waals surface area (Å²) in [5, 5.41) is 0. The Morgan fingerprint density at radius 3 is 2.80 bits per heavy atom. The number of nitrogens with one attached hydrogen (secondary N) is 1. The zero-order valence-electron chi connectivity index (χ0n) is 8.61. The second-order valence-corrected chi connectivity index (χ2v) is 3.37. The number of aromatic amines is 1. The molecular formula is C11H11N3O. The zero-order chi connectivity index (χ0) is 10.8. The topological polar surface area (TPSA) is 58.6 Å². The van der Waals surface area contributed by atoms with Gasteiger partial charge in [0.15, 0.2) is 0 Å². The highest BCUT2D eigenvalue weighted by molar-refractivity contribution is 5.60. The standard InChI is InChI=1S/C11H11N3O/c1-7-10(9-4-3-5-12-6-9)13-8(2)14-11(7)15/h3-6H,1-2H3,(H,13,14,15). The van der Waals surface area contributed by atoms with Gasteiger partial charge in [-0.2, -0.15) is 0 Å². The van der Waals surface area contributed by atoms with E-state index < -0.39 is 0 Å². The van der Waals surface area contributed by atoms with Crippen molar-refractivity contribution in [1.82, 2.24) is 15.0 Å². The molecular weight excluding hydrogens is 190 g/mol. The van der Waals surface area contributed by atoms with Crippen molar-refractivity contribution < 1.29 is 0 Å². The van der Waals surface area contributed by atoms with Crippen LogP contribution in [0.1, 0.15) is 11.4 Å². The summed E-state index contributed by atoms with van der Waals surface area (Å²) in [6.45, 7) is 3.52. The number of aryl methyl sites for hydroxylation is 1. The Hall–Kier alpha value is -1.97. The predicted octanol–water partition coefficient (Wildman–Crippen LogP) is 1.45. The van der Waals surface area contributed by atoms with Gasteiger partial charge >= 0.3 is 0 Å². The summed E-state index contributed by atoms with van der Waals surface area (Å²) in [7, 11) is 0. The summed E-state index contributed by atoms with van der Waals surface area (Å²) in [6, 6.07) is 3.72. The molecule has 0 aliphatic carbocycles. The molecule has 4 nitrogen and oxygen atoms in total. The van der Waals surface area contributed by atoms with Crippen molar-refractivity contribution >= 4 is 0 Å². The van der Waals surface area contributed by atoms with Gasteiger partial charge in [-0.25, -0.2) is 4.98 Å². The molecule has 2 aromatic heterocycles. The highest BCUT2D eigenvalue weighted by Crippen LogP contribution is 2.16. The van der Waals surface area contributed by atoms with E-state index in [1.54, 1.807) is 26.2 Å². The fourth-order valence-corrected chi connectivity index (χ4v) is 1.43. The van der Waals surface area contributed by atoms with Gasteiger partial charge in [-0.3, -0.25) is 9.78 Å². The van der Waals surface area contributed by atoms with Crippen LogP contribution in [-0.2, 0) is 0 Å². The van der Waals surface area contributed by atoms with E-state index in [1.807, 2.05) is 12.1 Å². The second kappa shape index (κ2) is 3.65. The lowest BCUT2D eigenvalue weighted by Gasteiger charge is -2.04. The molecule has 15 heavy (non-hydrogen) atoms. The van der Waals surface area contributed by atoms with Gasteiger partial charge in [0.2, 0.25) is 0 Å². The molecule has 76 valence electrons. The van der Waals surface area contributed by atoms with Crippen LogP contribution in [0.4, 0.5) is 0 Å². The lowest BCUT2D eigenvalue weighted by atomic mass is 10.1. The van der Waals surface area contributed by atoms with E-state index in [9.17, 15) is 4.79 Å². The number of rotatable bonds is 1. The van der Waals surface area contributed by atoms with E-state index in [4.69, 9.17) is 0 Å². The van der Waals surface area contributed by atoms with Gasteiger partial charge < -0.3 is 4.98 Å². The van der Waals surface area contributed by atoms with Crippen LogP contribution in [-0.4, -0.2) is 15.0 Å².